The summed E-state index contributed by atoms with van der Waals surface area (Å²) in [5.74, 6) is -1.94. The third-order valence-corrected chi connectivity index (χ3v) is 5.08. The maximum absolute atomic E-state index is 12.9. The van der Waals surface area contributed by atoms with Crippen molar-refractivity contribution in [1.82, 2.24) is 4.90 Å². The van der Waals surface area contributed by atoms with Gasteiger partial charge in [-0.15, -0.1) is 0 Å². The second-order valence-corrected chi connectivity index (χ2v) is 7.48. The molecular formula is C19H16BrN3O5. The van der Waals surface area contributed by atoms with E-state index in [1.807, 2.05) is 0 Å². The van der Waals surface area contributed by atoms with Crippen molar-refractivity contribution in [3.8, 4) is 0 Å². The summed E-state index contributed by atoms with van der Waals surface area (Å²) in [5.41, 5.74) is 0.702. The molecule has 0 spiro atoms. The van der Waals surface area contributed by atoms with Crippen molar-refractivity contribution in [2.75, 3.05) is 5.32 Å². The Morgan fingerprint density at radius 3 is 2.14 bits per heavy atom. The zero-order valence-corrected chi connectivity index (χ0v) is 16.6. The van der Waals surface area contributed by atoms with Crippen molar-refractivity contribution in [1.29, 1.82) is 0 Å². The number of anilines is 1. The molecule has 9 heteroatoms. The van der Waals surface area contributed by atoms with Crippen molar-refractivity contribution in [3.63, 3.8) is 0 Å². The summed E-state index contributed by atoms with van der Waals surface area (Å²) in [4.78, 5) is 49.7. The summed E-state index contributed by atoms with van der Waals surface area (Å²) in [7, 11) is 0. The first-order valence-corrected chi connectivity index (χ1v) is 9.23. The number of carbonyl (C=O) groups excluding carboxylic acids is 3. The zero-order chi connectivity index (χ0) is 20.6. The fourth-order valence-corrected chi connectivity index (χ4v) is 3.57. The number of nitro benzene ring substituents is 1. The molecule has 0 unspecified atom stereocenters. The molecule has 2 aromatic carbocycles. The highest BCUT2D eigenvalue weighted by molar-refractivity contribution is 9.10. The molecule has 8 nitrogen and oxygen atoms in total. The van der Waals surface area contributed by atoms with Gasteiger partial charge in [0.2, 0.25) is 5.91 Å². The lowest BCUT2D eigenvalue weighted by atomic mass is 10.0. The maximum atomic E-state index is 12.9. The Bertz CT molecular complexity index is 970. The number of nitrogens with one attached hydrogen (secondary N) is 1. The number of non-ortho nitro benzene ring substituents is 1. The molecule has 0 fully saturated rings. The molecule has 0 aromatic heterocycles. The molecule has 28 heavy (non-hydrogen) atoms. The van der Waals surface area contributed by atoms with Crippen LogP contribution < -0.4 is 5.32 Å². The minimum absolute atomic E-state index is 0.134. The Balaban J connectivity index is 1.90. The van der Waals surface area contributed by atoms with E-state index in [0.717, 1.165) is 4.90 Å². The average molecular weight is 446 g/mol. The number of rotatable bonds is 5. The highest BCUT2D eigenvalue weighted by Gasteiger charge is 2.43. The van der Waals surface area contributed by atoms with Crippen LogP contribution in [0.1, 0.15) is 34.6 Å². The van der Waals surface area contributed by atoms with E-state index in [2.05, 4.69) is 21.2 Å². The van der Waals surface area contributed by atoms with Gasteiger partial charge in [-0.25, -0.2) is 0 Å². The molecule has 144 valence electrons. The SMILES string of the molecule is CC(C)[C@H](C(=O)Nc1ccc([N+](=O)[O-])cc1Br)N1C(=O)c2ccccc2C1=O. The van der Waals surface area contributed by atoms with Gasteiger partial charge in [0.25, 0.3) is 17.5 Å². The molecule has 1 N–H and O–H groups in total. The molecule has 1 aliphatic rings. The Kier molecular flexibility index (Phi) is 5.28. The number of hydrogen-bond acceptors (Lipinski definition) is 5. The van der Waals surface area contributed by atoms with Crippen molar-refractivity contribution in [2.45, 2.75) is 19.9 Å². The molecule has 0 saturated carbocycles. The van der Waals surface area contributed by atoms with Gasteiger partial charge in [0.15, 0.2) is 0 Å². The van der Waals surface area contributed by atoms with Crippen LogP contribution in [0.3, 0.4) is 0 Å². The third kappa shape index (κ3) is 3.40. The van der Waals surface area contributed by atoms with Gasteiger partial charge in [-0.3, -0.25) is 29.4 Å². The smallest absolute Gasteiger partial charge is 0.270 e. The number of fused-ring (bicyclic) bond motifs is 1. The van der Waals surface area contributed by atoms with Gasteiger partial charge in [-0.05, 0) is 40.0 Å². The molecule has 3 rings (SSSR count). The second-order valence-electron chi connectivity index (χ2n) is 6.63. The number of amides is 3. The van der Waals surface area contributed by atoms with E-state index in [1.54, 1.807) is 38.1 Å². The Labute approximate surface area is 168 Å². The van der Waals surface area contributed by atoms with Gasteiger partial charge in [0, 0.05) is 16.6 Å². The van der Waals surface area contributed by atoms with E-state index < -0.39 is 28.7 Å². The van der Waals surface area contributed by atoms with E-state index in [9.17, 15) is 24.5 Å². The Hall–Kier alpha value is -3.07. The molecule has 2 aromatic rings. The van der Waals surface area contributed by atoms with Crippen LogP contribution in [0.25, 0.3) is 0 Å². The second kappa shape index (κ2) is 7.51. The molecule has 1 atom stereocenters. The predicted molar refractivity (Wildman–Crippen MR) is 105 cm³/mol. The molecule has 0 bridgehead atoms. The molecule has 0 aliphatic carbocycles. The lowest BCUT2D eigenvalue weighted by molar-refractivity contribution is -0.384. The monoisotopic (exact) mass is 445 g/mol. The Morgan fingerprint density at radius 1 is 1.11 bits per heavy atom. The normalized spacial score (nSPS) is 14.2. The van der Waals surface area contributed by atoms with Crippen molar-refractivity contribution in [2.24, 2.45) is 5.92 Å². The van der Waals surface area contributed by atoms with Crippen molar-refractivity contribution < 1.29 is 19.3 Å². The van der Waals surface area contributed by atoms with Crippen LogP contribution in [0.5, 0.6) is 0 Å². The lowest BCUT2D eigenvalue weighted by Gasteiger charge is -2.28. The first kappa shape index (κ1) is 19.7. The fourth-order valence-electron chi connectivity index (χ4n) is 3.10. The van der Waals surface area contributed by atoms with Crippen molar-refractivity contribution in [3.05, 3.63) is 68.2 Å². The summed E-state index contributed by atoms with van der Waals surface area (Å²) in [6, 6.07) is 9.30. The van der Waals surface area contributed by atoms with Crippen LogP contribution in [-0.2, 0) is 4.79 Å². The molecule has 0 radical (unpaired) electrons. The quantitative estimate of drug-likeness (QED) is 0.429. The number of nitrogens with zero attached hydrogens (tertiary/aromatic N) is 2. The third-order valence-electron chi connectivity index (χ3n) is 4.43. The van der Waals surface area contributed by atoms with Gasteiger partial charge in [0.05, 0.1) is 21.7 Å². The first-order valence-electron chi connectivity index (χ1n) is 8.44. The fraction of sp³-hybridized carbons (Fsp3) is 0.211. The van der Waals surface area contributed by atoms with E-state index in [0.29, 0.717) is 10.2 Å². The van der Waals surface area contributed by atoms with Crippen LogP contribution in [0.15, 0.2) is 46.9 Å². The zero-order valence-electron chi connectivity index (χ0n) is 15.0. The standard InChI is InChI=1S/C19H16BrN3O5/c1-10(2)16(22-18(25)12-5-3-4-6-13(12)19(22)26)17(24)21-15-8-7-11(23(27)28)9-14(15)20/h3-10,16H,1-2H3,(H,21,24)/t16-/m1/s1. The average Bonchev–Trinajstić information content (AvgIpc) is 2.89. The number of imide groups is 1. The van der Waals surface area contributed by atoms with Gasteiger partial charge >= 0.3 is 0 Å². The predicted octanol–water partition coefficient (Wildman–Crippen LogP) is 3.62. The maximum Gasteiger partial charge on any atom is 0.270 e. The van der Waals surface area contributed by atoms with Crippen LogP contribution >= 0.6 is 15.9 Å². The summed E-state index contributed by atoms with van der Waals surface area (Å²) in [6.45, 7) is 3.47. The summed E-state index contributed by atoms with van der Waals surface area (Å²) in [5, 5.41) is 13.5. The minimum atomic E-state index is -1.03. The largest absolute Gasteiger partial charge is 0.323 e. The van der Waals surface area contributed by atoms with Gasteiger partial charge in [-0.1, -0.05) is 26.0 Å². The van der Waals surface area contributed by atoms with Gasteiger partial charge in [-0.2, -0.15) is 0 Å². The minimum Gasteiger partial charge on any atom is -0.323 e. The van der Waals surface area contributed by atoms with E-state index in [4.69, 9.17) is 0 Å². The Morgan fingerprint density at radius 2 is 1.68 bits per heavy atom. The summed E-state index contributed by atoms with van der Waals surface area (Å²) < 4.78 is 0.319. The molecule has 0 saturated heterocycles. The molecular weight excluding hydrogens is 430 g/mol. The first-order chi connectivity index (χ1) is 13.2. The van der Waals surface area contributed by atoms with Crippen LogP contribution in [0.4, 0.5) is 11.4 Å². The highest BCUT2D eigenvalue weighted by atomic mass is 79.9. The number of halogens is 1. The van der Waals surface area contributed by atoms with Crippen LogP contribution in [0.2, 0.25) is 0 Å². The van der Waals surface area contributed by atoms with Gasteiger partial charge in [0.1, 0.15) is 6.04 Å². The highest BCUT2D eigenvalue weighted by Crippen LogP contribution is 2.30. The number of nitro groups is 1. The van der Waals surface area contributed by atoms with Crippen LogP contribution in [0, 0.1) is 16.0 Å². The van der Waals surface area contributed by atoms with E-state index in [-0.39, 0.29) is 22.7 Å². The molecule has 1 aliphatic heterocycles. The number of benzene rings is 2. The lowest BCUT2D eigenvalue weighted by Crippen LogP contribution is -2.50. The van der Waals surface area contributed by atoms with Crippen LogP contribution in [-0.4, -0.2) is 33.6 Å². The van der Waals surface area contributed by atoms with Crippen molar-refractivity contribution >= 4 is 45.0 Å². The molecule has 3 amide bonds. The van der Waals surface area contributed by atoms with E-state index in [1.165, 1.54) is 18.2 Å². The topological polar surface area (TPSA) is 110 Å². The molecule has 1 heterocycles. The van der Waals surface area contributed by atoms with E-state index >= 15 is 0 Å². The number of carbonyl (C=O) groups is 3. The van der Waals surface area contributed by atoms with Gasteiger partial charge < -0.3 is 5.32 Å². The number of hydrogen-bond donors (Lipinski definition) is 1. The summed E-state index contributed by atoms with van der Waals surface area (Å²) >= 11 is 3.19. The summed E-state index contributed by atoms with van der Waals surface area (Å²) in [6.07, 6.45) is 0.